The van der Waals surface area contributed by atoms with Crippen LogP contribution >= 0.6 is 0 Å². The van der Waals surface area contributed by atoms with Crippen molar-refractivity contribution < 1.29 is 26.7 Å². The molecular weight excluding hydrogens is 382 g/mol. The number of methoxy groups -OCH3 is 1. The Morgan fingerprint density at radius 2 is 1.85 bits per heavy atom. The molecule has 8 nitrogen and oxygen atoms in total. The zero-order valence-corrected chi connectivity index (χ0v) is 14.6. The van der Waals surface area contributed by atoms with Gasteiger partial charge < -0.3 is 4.74 Å². The first-order chi connectivity index (χ1) is 12.8. The molecule has 0 fully saturated rings. The van der Waals surface area contributed by atoms with Crippen LogP contribution in [0.2, 0.25) is 0 Å². The standard InChI is InChI=1S/C16H12F2N4O4S/c1-26-16(23)12-8-14(18)15(9-13(12)17)20-27(24,25)11-4-2-10(3-5-11)22-7-6-19-21-22/h2-9,20H,1H3. The minimum atomic E-state index is -4.19. The van der Waals surface area contributed by atoms with E-state index in [2.05, 4.69) is 15.0 Å². The third kappa shape index (κ3) is 3.77. The lowest BCUT2D eigenvalue weighted by Gasteiger charge is -2.11. The lowest BCUT2D eigenvalue weighted by Crippen LogP contribution is -2.15. The van der Waals surface area contributed by atoms with Gasteiger partial charge in [0, 0.05) is 6.07 Å². The lowest BCUT2D eigenvalue weighted by atomic mass is 10.2. The molecule has 27 heavy (non-hydrogen) atoms. The number of sulfonamides is 1. The number of hydrogen-bond donors (Lipinski definition) is 1. The Balaban J connectivity index is 1.88. The number of carbonyl (C=O) groups excluding carboxylic acids is 1. The highest BCUT2D eigenvalue weighted by Gasteiger charge is 2.21. The van der Waals surface area contributed by atoms with E-state index < -0.39 is 38.9 Å². The molecule has 3 rings (SSSR count). The van der Waals surface area contributed by atoms with E-state index >= 15 is 0 Å². The number of anilines is 1. The minimum absolute atomic E-state index is 0.178. The first kappa shape index (κ1) is 18.5. The molecule has 3 aromatic rings. The largest absolute Gasteiger partial charge is 0.465 e. The molecule has 0 aliphatic rings. The molecule has 1 N–H and O–H groups in total. The number of hydrogen-bond acceptors (Lipinski definition) is 6. The second-order valence-corrected chi connectivity index (χ2v) is 6.93. The van der Waals surface area contributed by atoms with Gasteiger partial charge in [0.05, 0.1) is 41.3 Å². The first-order valence-electron chi connectivity index (χ1n) is 7.39. The van der Waals surface area contributed by atoms with Gasteiger partial charge >= 0.3 is 5.97 Å². The van der Waals surface area contributed by atoms with Gasteiger partial charge in [-0.1, -0.05) is 5.21 Å². The van der Waals surface area contributed by atoms with Crippen molar-refractivity contribution in [3.05, 3.63) is 66.0 Å². The van der Waals surface area contributed by atoms with E-state index in [1.807, 2.05) is 4.72 Å². The molecule has 0 atom stereocenters. The molecule has 0 aliphatic heterocycles. The van der Waals surface area contributed by atoms with Gasteiger partial charge in [0.2, 0.25) is 0 Å². The average Bonchev–Trinajstić information content (AvgIpc) is 3.18. The Hall–Kier alpha value is -3.34. The maximum absolute atomic E-state index is 14.1. The average molecular weight is 394 g/mol. The summed E-state index contributed by atoms with van der Waals surface area (Å²) in [5, 5.41) is 7.41. The van der Waals surface area contributed by atoms with Crippen LogP contribution in [0.3, 0.4) is 0 Å². The van der Waals surface area contributed by atoms with Crippen LogP contribution in [0.15, 0.2) is 53.7 Å². The van der Waals surface area contributed by atoms with E-state index in [9.17, 15) is 22.0 Å². The molecule has 2 aromatic carbocycles. The topological polar surface area (TPSA) is 103 Å². The smallest absolute Gasteiger partial charge is 0.340 e. The molecule has 11 heteroatoms. The molecule has 140 valence electrons. The summed E-state index contributed by atoms with van der Waals surface area (Å²) in [7, 11) is -3.18. The quantitative estimate of drug-likeness (QED) is 0.665. The highest BCUT2D eigenvalue weighted by Crippen LogP contribution is 2.23. The third-order valence-corrected chi connectivity index (χ3v) is 4.92. The van der Waals surface area contributed by atoms with Crippen molar-refractivity contribution in [2.45, 2.75) is 4.90 Å². The summed E-state index contributed by atoms with van der Waals surface area (Å²) in [6.07, 6.45) is 3.03. The van der Waals surface area contributed by atoms with E-state index in [1.165, 1.54) is 35.1 Å². The molecule has 0 bridgehead atoms. The monoisotopic (exact) mass is 394 g/mol. The second kappa shape index (κ2) is 7.11. The second-order valence-electron chi connectivity index (χ2n) is 5.25. The Labute approximate surface area is 152 Å². The molecule has 0 aliphatic carbocycles. The summed E-state index contributed by atoms with van der Waals surface area (Å²) in [6, 6.07) is 6.63. The number of halogens is 2. The van der Waals surface area contributed by atoms with Gasteiger partial charge in [0.25, 0.3) is 10.0 Å². The first-order valence-corrected chi connectivity index (χ1v) is 8.87. The predicted octanol–water partition coefficient (Wildman–Crippen LogP) is 2.13. The van der Waals surface area contributed by atoms with Gasteiger partial charge in [-0.2, -0.15) is 0 Å². The van der Waals surface area contributed by atoms with Crippen LogP contribution in [0.5, 0.6) is 0 Å². The van der Waals surface area contributed by atoms with Gasteiger partial charge in [0.1, 0.15) is 11.6 Å². The van der Waals surface area contributed by atoms with Crippen LogP contribution < -0.4 is 4.72 Å². The number of ether oxygens (including phenoxy) is 1. The van der Waals surface area contributed by atoms with Gasteiger partial charge in [0.15, 0.2) is 0 Å². The van der Waals surface area contributed by atoms with Gasteiger partial charge in [-0.25, -0.2) is 26.7 Å². The summed E-state index contributed by atoms with van der Waals surface area (Å²) >= 11 is 0. The summed E-state index contributed by atoms with van der Waals surface area (Å²) in [5.74, 6) is -3.33. The van der Waals surface area contributed by atoms with Crippen molar-refractivity contribution in [2.24, 2.45) is 0 Å². The molecule has 0 saturated heterocycles. The van der Waals surface area contributed by atoms with Crippen LogP contribution in [-0.4, -0.2) is 36.5 Å². The number of nitrogens with one attached hydrogen (secondary N) is 1. The predicted molar refractivity (Wildman–Crippen MR) is 89.9 cm³/mol. The fourth-order valence-corrected chi connectivity index (χ4v) is 3.28. The lowest BCUT2D eigenvalue weighted by molar-refractivity contribution is 0.0595. The zero-order chi connectivity index (χ0) is 19.6. The Morgan fingerprint density at radius 1 is 1.15 bits per heavy atom. The van der Waals surface area contributed by atoms with Crippen LogP contribution in [0.1, 0.15) is 10.4 Å². The molecule has 0 radical (unpaired) electrons. The van der Waals surface area contributed by atoms with Crippen LogP contribution in [-0.2, 0) is 14.8 Å². The van der Waals surface area contributed by atoms with Gasteiger partial charge in [-0.05, 0) is 30.3 Å². The maximum Gasteiger partial charge on any atom is 0.340 e. The number of benzene rings is 2. The normalized spacial score (nSPS) is 11.2. The van der Waals surface area contributed by atoms with Crippen molar-refractivity contribution in [1.29, 1.82) is 0 Å². The number of aromatic nitrogens is 3. The molecule has 1 aromatic heterocycles. The third-order valence-electron chi connectivity index (χ3n) is 3.54. The van der Waals surface area contributed by atoms with Crippen molar-refractivity contribution >= 4 is 21.7 Å². The maximum atomic E-state index is 14.1. The SMILES string of the molecule is COC(=O)c1cc(F)c(NS(=O)(=O)c2ccc(-n3ccnn3)cc2)cc1F. The molecule has 0 unspecified atom stereocenters. The fraction of sp³-hybridized carbons (Fsp3) is 0.0625. The number of carbonyl (C=O) groups is 1. The number of rotatable bonds is 5. The zero-order valence-electron chi connectivity index (χ0n) is 13.8. The Morgan fingerprint density at radius 3 is 2.44 bits per heavy atom. The molecule has 0 spiro atoms. The highest BCUT2D eigenvalue weighted by atomic mass is 32.2. The Kier molecular flexibility index (Phi) is 4.86. The number of esters is 1. The highest BCUT2D eigenvalue weighted by molar-refractivity contribution is 7.92. The molecule has 0 amide bonds. The summed E-state index contributed by atoms with van der Waals surface area (Å²) in [6.45, 7) is 0. The summed E-state index contributed by atoms with van der Waals surface area (Å²) in [5.41, 5.74) is -0.721. The van der Waals surface area contributed by atoms with E-state index in [4.69, 9.17) is 0 Å². The van der Waals surface area contributed by atoms with E-state index in [1.54, 1.807) is 6.20 Å². The van der Waals surface area contributed by atoms with Gasteiger partial charge in [-0.15, -0.1) is 5.10 Å². The van der Waals surface area contributed by atoms with E-state index in [0.717, 1.165) is 7.11 Å². The van der Waals surface area contributed by atoms with Crippen molar-refractivity contribution in [3.8, 4) is 5.69 Å². The van der Waals surface area contributed by atoms with Crippen LogP contribution in [0, 0.1) is 11.6 Å². The van der Waals surface area contributed by atoms with Gasteiger partial charge in [-0.3, -0.25) is 4.72 Å². The van der Waals surface area contributed by atoms with Crippen molar-refractivity contribution in [2.75, 3.05) is 11.8 Å². The fourth-order valence-electron chi connectivity index (χ4n) is 2.22. The van der Waals surface area contributed by atoms with Crippen LogP contribution in [0.25, 0.3) is 5.69 Å². The minimum Gasteiger partial charge on any atom is -0.465 e. The van der Waals surface area contributed by atoms with Crippen molar-refractivity contribution in [3.63, 3.8) is 0 Å². The van der Waals surface area contributed by atoms with E-state index in [0.29, 0.717) is 17.8 Å². The molecular formula is C16H12F2N4O4S. The summed E-state index contributed by atoms with van der Waals surface area (Å²) in [4.78, 5) is 11.2. The molecule has 0 saturated carbocycles. The number of nitrogens with zero attached hydrogens (tertiary/aromatic N) is 3. The summed E-state index contributed by atoms with van der Waals surface area (Å²) < 4.78 is 60.6. The van der Waals surface area contributed by atoms with E-state index in [-0.39, 0.29) is 4.90 Å². The van der Waals surface area contributed by atoms with Crippen LogP contribution in [0.4, 0.5) is 14.5 Å². The Bertz CT molecular complexity index is 1080. The van der Waals surface area contributed by atoms with Crippen molar-refractivity contribution in [1.82, 2.24) is 15.0 Å². The molecule has 1 heterocycles.